The Morgan fingerprint density at radius 3 is 2.56 bits per heavy atom. The van der Waals surface area contributed by atoms with E-state index in [4.69, 9.17) is 5.73 Å². The van der Waals surface area contributed by atoms with Crippen LogP contribution in [0.3, 0.4) is 0 Å². The normalized spacial score (nSPS) is 24.1. The van der Waals surface area contributed by atoms with Crippen molar-refractivity contribution in [3.05, 3.63) is 35.4 Å². The molecule has 2 nitrogen and oxygen atoms in total. The first-order valence-electron chi connectivity index (χ1n) is 6.99. The molecule has 0 amide bonds. The minimum Gasteiger partial charge on any atom is -0.330 e. The maximum Gasteiger partial charge on any atom is 0.0233 e. The van der Waals surface area contributed by atoms with Gasteiger partial charge < -0.3 is 5.73 Å². The van der Waals surface area contributed by atoms with Crippen molar-refractivity contribution in [3.8, 4) is 0 Å². The van der Waals surface area contributed by atoms with E-state index in [2.05, 4.69) is 49.9 Å². The average molecular weight is 246 g/mol. The molecule has 1 atom stereocenters. The highest BCUT2D eigenvalue weighted by Crippen LogP contribution is 2.35. The second-order valence-corrected chi connectivity index (χ2v) is 6.39. The maximum absolute atomic E-state index is 5.93. The van der Waals surface area contributed by atoms with E-state index in [1.807, 2.05) is 0 Å². The van der Waals surface area contributed by atoms with Crippen molar-refractivity contribution in [2.75, 3.05) is 19.6 Å². The summed E-state index contributed by atoms with van der Waals surface area (Å²) in [6.07, 6.45) is 1.25. The van der Waals surface area contributed by atoms with Gasteiger partial charge in [0.2, 0.25) is 0 Å². The third kappa shape index (κ3) is 3.12. The molecule has 1 aromatic rings. The highest BCUT2D eigenvalue weighted by atomic mass is 15.1. The van der Waals surface area contributed by atoms with E-state index in [0.717, 1.165) is 19.6 Å². The standard InChI is InChI=1S/C16H26N2/c1-13-4-6-14(7-5-13)11-18-9-8-16(2,3)15(10-17)12-18/h4-7,15H,8-12,17H2,1-3H3. The van der Waals surface area contributed by atoms with Gasteiger partial charge in [0.25, 0.3) is 0 Å². The second kappa shape index (κ2) is 5.41. The molecule has 1 unspecified atom stereocenters. The molecule has 0 bridgehead atoms. The fourth-order valence-electron chi connectivity index (χ4n) is 2.79. The van der Waals surface area contributed by atoms with Crippen LogP contribution in [0.25, 0.3) is 0 Å². The predicted molar refractivity (Wildman–Crippen MR) is 77.4 cm³/mol. The van der Waals surface area contributed by atoms with Crippen molar-refractivity contribution in [2.45, 2.75) is 33.7 Å². The van der Waals surface area contributed by atoms with Gasteiger partial charge in [-0.1, -0.05) is 43.7 Å². The Labute approximate surface area is 111 Å². The summed E-state index contributed by atoms with van der Waals surface area (Å²) in [4.78, 5) is 2.55. The molecule has 1 aliphatic rings. The van der Waals surface area contributed by atoms with Crippen molar-refractivity contribution < 1.29 is 0 Å². The first-order valence-corrected chi connectivity index (χ1v) is 6.99. The molecule has 0 aromatic heterocycles. The minimum absolute atomic E-state index is 0.401. The second-order valence-electron chi connectivity index (χ2n) is 6.39. The molecule has 1 aliphatic heterocycles. The number of rotatable bonds is 3. The zero-order chi connectivity index (χ0) is 13.2. The molecular weight excluding hydrogens is 220 g/mol. The number of hydrogen-bond acceptors (Lipinski definition) is 2. The summed E-state index contributed by atoms with van der Waals surface area (Å²) in [5.41, 5.74) is 9.07. The van der Waals surface area contributed by atoms with Crippen LogP contribution in [0.15, 0.2) is 24.3 Å². The number of piperidine rings is 1. The van der Waals surface area contributed by atoms with Crippen LogP contribution in [-0.2, 0) is 6.54 Å². The van der Waals surface area contributed by atoms with Gasteiger partial charge in [0.15, 0.2) is 0 Å². The third-order valence-corrected chi connectivity index (χ3v) is 4.47. The Morgan fingerprint density at radius 1 is 1.28 bits per heavy atom. The Morgan fingerprint density at radius 2 is 1.94 bits per heavy atom. The van der Waals surface area contributed by atoms with Gasteiger partial charge in [-0.15, -0.1) is 0 Å². The van der Waals surface area contributed by atoms with E-state index < -0.39 is 0 Å². The Kier molecular flexibility index (Phi) is 4.08. The summed E-state index contributed by atoms with van der Waals surface area (Å²) in [5, 5.41) is 0. The largest absolute Gasteiger partial charge is 0.330 e. The molecule has 1 fully saturated rings. The van der Waals surface area contributed by atoms with Crippen LogP contribution in [0, 0.1) is 18.3 Å². The molecule has 2 rings (SSSR count). The number of hydrogen-bond donors (Lipinski definition) is 1. The van der Waals surface area contributed by atoms with Crippen LogP contribution in [0.4, 0.5) is 0 Å². The highest BCUT2D eigenvalue weighted by molar-refractivity contribution is 5.21. The monoisotopic (exact) mass is 246 g/mol. The van der Waals surface area contributed by atoms with E-state index in [1.54, 1.807) is 0 Å². The fourth-order valence-corrected chi connectivity index (χ4v) is 2.79. The van der Waals surface area contributed by atoms with E-state index in [9.17, 15) is 0 Å². The molecule has 0 radical (unpaired) electrons. The number of nitrogens with two attached hydrogens (primary N) is 1. The SMILES string of the molecule is Cc1ccc(CN2CCC(C)(C)C(CN)C2)cc1. The van der Waals surface area contributed by atoms with Crippen LogP contribution < -0.4 is 5.73 Å². The molecule has 18 heavy (non-hydrogen) atoms. The van der Waals surface area contributed by atoms with Gasteiger partial charge in [0, 0.05) is 13.1 Å². The van der Waals surface area contributed by atoms with Crippen molar-refractivity contribution in [2.24, 2.45) is 17.1 Å². The zero-order valence-electron chi connectivity index (χ0n) is 11.9. The molecular formula is C16H26N2. The molecule has 0 saturated carbocycles. The molecule has 1 heterocycles. The molecule has 2 heteroatoms. The average Bonchev–Trinajstić information content (AvgIpc) is 2.34. The topological polar surface area (TPSA) is 29.3 Å². The molecule has 100 valence electrons. The number of nitrogens with zero attached hydrogens (tertiary/aromatic N) is 1. The lowest BCUT2D eigenvalue weighted by Crippen LogP contribution is -2.47. The zero-order valence-corrected chi connectivity index (χ0v) is 11.9. The molecule has 1 saturated heterocycles. The van der Waals surface area contributed by atoms with Gasteiger partial charge in [-0.2, -0.15) is 0 Å². The summed E-state index contributed by atoms with van der Waals surface area (Å²) >= 11 is 0. The predicted octanol–water partition coefficient (Wildman–Crippen LogP) is 2.80. The molecule has 2 N–H and O–H groups in total. The lowest BCUT2D eigenvalue weighted by atomic mass is 9.73. The van der Waals surface area contributed by atoms with Crippen LogP contribution in [0.2, 0.25) is 0 Å². The summed E-state index contributed by atoms with van der Waals surface area (Å²) < 4.78 is 0. The van der Waals surface area contributed by atoms with Crippen LogP contribution in [0.5, 0.6) is 0 Å². The molecule has 1 aromatic carbocycles. The van der Waals surface area contributed by atoms with Crippen molar-refractivity contribution in [1.82, 2.24) is 4.90 Å². The number of benzene rings is 1. The third-order valence-electron chi connectivity index (χ3n) is 4.47. The van der Waals surface area contributed by atoms with Gasteiger partial charge in [-0.05, 0) is 43.3 Å². The lowest BCUT2D eigenvalue weighted by molar-refractivity contribution is 0.0606. The highest BCUT2D eigenvalue weighted by Gasteiger charge is 2.34. The van der Waals surface area contributed by atoms with E-state index in [1.165, 1.54) is 24.1 Å². The van der Waals surface area contributed by atoms with E-state index in [0.29, 0.717) is 11.3 Å². The van der Waals surface area contributed by atoms with Gasteiger partial charge in [0.1, 0.15) is 0 Å². The maximum atomic E-state index is 5.93. The van der Waals surface area contributed by atoms with Crippen molar-refractivity contribution >= 4 is 0 Å². The lowest BCUT2D eigenvalue weighted by Gasteiger charge is -2.43. The van der Waals surface area contributed by atoms with Gasteiger partial charge in [0.05, 0.1) is 0 Å². The summed E-state index contributed by atoms with van der Waals surface area (Å²) in [5.74, 6) is 0.622. The first-order chi connectivity index (χ1) is 8.51. The van der Waals surface area contributed by atoms with Crippen LogP contribution in [0.1, 0.15) is 31.4 Å². The Hall–Kier alpha value is -0.860. The quantitative estimate of drug-likeness (QED) is 0.888. The van der Waals surface area contributed by atoms with Crippen LogP contribution >= 0.6 is 0 Å². The van der Waals surface area contributed by atoms with Crippen molar-refractivity contribution in [1.29, 1.82) is 0 Å². The molecule has 0 aliphatic carbocycles. The first kappa shape index (κ1) is 13.6. The van der Waals surface area contributed by atoms with Crippen LogP contribution in [-0.4, -0.2) is 24.5 Å². The van der Waals surface area contributed by atoms with E-state index in [-0.39, 0.29) is 0 Å². The van der Waals surface area contributed by atoms with Gasteiger partial charge in [-0.3, -0.25) is 4.90 Å². The Balaban J connectivity index is 1.97. The number of aryl methyl sites for hydroxylation is 1. The Bertz CT molecular complexity index is 381. The van der Waals surface area contributed by atoms with Crippen molar-refractivity contribution in [3.63, 3.8) is 0 Å². The molecule has 0 spiro atoms. The van der Waals surface area contributed by atoms with Gasteiger partial charge in [-0.25, -0.2) is 0 Å². The smallest absolute Gasteiger partial charge is 0.0233 e. The minimum atomic E-state index is 0.401. The summed E-state index contributed by atoms with van der Waals surface area (Å²) in [6, 6.07) is 8.88. The fraction of sp³-hybridized carbons (Fsp3) is 0.625. The van der Waals surface area contributed by atoms with Gasteiger partial charge >= 0.3 is 0 Å². The summed E-state index contributed by atoms with van der Waals surface area (Å²) in [6.45, 7) is 11.0. The number of likely N-dealkylation sites (tertiary alicyclic amines) is 1. The van der Waals surface area contributed by atoms with E-state index >= 15 is 0 Å². The summed E-state index contributed by atoms with van der Waals surface area (Å²) in [7, 11) is 0.